The molecule has 10 aromatic rings. The van der Waals surface area contributed by atoms with Crippen molar-refractivity contribution in [2.75, 3.05) is 0 Å². The van der Waals surface area contributed by atoms with Crippen molar-refractivity contribution < 1.29 is 4.42 Å². The van der Waals surface area contributed by atoms with Crippen LogP contribution in [-0.2, 0) is 0 Å². The summed E-state index contributed by atoms with van der Waals surface area (Å²) in [5.74, 6) is 0. The first-order valence-corrected chi connectivity index (χ1v) is 15.5. The molecule has 0 amide bonds. The van der Waals surface area contributed by atoms with Gasteiger partial charge in [-0.15, -0.1) is 0 Å². The Hall–Kier alpha value is -5.92. The van der Waals surface area contributed by atoms with Crippen molar-refractivity contribution >= 4 is 75.8 Å². The highest BCUT2D eigenvalue weighted by atomic mass is 16.3. The topological polar surface area (TPSA) is 13.1 Å². The van der Waals surface area contributed by atoms with Crippen LogP contribution in [0.5, 0.6) is 0 Å². The van der Waals surface area contributed by atoms with Gasteiger partial charge in [0.25, 0.3) is 0 Å². The lowest BCUT2D eigenvalue weighted by Gasteiger charge is -2.18. The van der Waals surface area contributed by atoms with E-state index in [4.69, 9.17) is 4.42 Å². The van der Waals surface area contributed by atoms with Crippen LogP contribution in [0.2, 0.25) is 0 Å². The highest BCUT2D eigenvalue weighted by Crippen LogP contribution is 2.45. The summed E-state index contributed by atoms with van der Waals surface area (Å²) in [6.45, 7) is 0. The quantitative estimate of drug-likeness (QED) is 0.149. The molecular formula is C44H26O. The van der Waals surface area contributed by atoms with E-state index in [0.717, 1.165) is 32.9 Å². The van der Waals surface area contributed by atoms with E-state index < -0.39 is 0 Å². The van der Waals surface area contributed by atoms with Gasteiger partial charge in [0.15, 0.2) is 0 Å². The lowest BCUT2D eigenvalue weighted by Crippen LogP contribution is -1.91. The second kappa shape index (κ2) is 9.29. The van der Waals surface area contributed by atoms with E-state index in [0.29, 0.717) is 0 Å². The molecule has 1 heterocycles. The maximum absolute atomic E-state index is 6.62. The lowest BCUT2D eigenvalue weighted by molar-refractivity contribution is 0.673. The predicted molar refractivity (Wildman–Crippen MR) is 192 cm³/mol. The third-order valence-corrected chi connectivity index (χ3v) is 9.62. The fraction of sp³-hybridized carbons (Fsp3) is 0. The molecule has 0 bridgehead atoms. The summed E-state index contributed by atoms with van der Waals surface area (Å²) >= 11 is 0. The second-order valence-corrected chi connectivity index (χ2v) is 12.0. The maximum atomic E-state index is 6.62. The van der Waals surface area contributed by atoms with E-state index >= 15 is 0 Å². The van der Waals surface area contributed by atoms with Crippen LogP contribution >= 0.6 is 0 Å². The molecule has 0 aliphatic heterocycles. The summed E-state index contributed by atoms with van der Waals surface area (Å²) in [5.41, 5.74) is 6.78. The fourth-order valence-electron chi connectivity index (χ4n) is 7.58. The predicted octanol–water partition coefficient (Wildman–Crippen LogP) is 12.7. The van der Waals surface area contributed by atoms with Crippen molar-refractivity contribution in [3.8, 4) is 22.3 Å². The number of hydrogen-bond acceptors (Lipinski definition) is 1. The summed E-state index contributed by atoms with van der Waals surface area (Å²) in [7, 11) is 0. The van der Waals surface area contributed by atoms with Crippen LogP contribution in [0.15, 0.2) is 162 Å². The van der Waals surface area contributed by atoms with Crippen molar-refractivity contribution in [3.63, 3.8) is 0 Å². The number of rotatable bonds is 2. The van der Waals surface area contributed by atoms with Gasteiger partial charge in [-0.05, 0) is 95.0 Å². The van der Waals surface area contributed by atoms with E-state index in [1.807, 2.05) is 0 Å². The molecule has 0 aliphatic carbocycles. The van der Waals surface area contributed by atoms with Crippen LogP contribution in [0, 0.1) is 0 Å². The van der Waals surface area contributed by atoms with Crippen LogP contribution in [0.3, 0.4) is 0 Å². The van der Waals surface area contributed by atoms with Gasteiger partial charge < -0.3 is 4.42 Å². The Morgan fingerprint density at radius 3 is 1.40 bits per heavy atom. The van der Waals surface area contributed by atoms with Gasteiger partial charge in [0, 0.05) is 16.2 Å². The Morgan fingerprint density at radius 2 is 0.733 bits per heavy atom. The van der Waals surface area contributed by atoms with Crippen molar-refractivity contribution in [1.29, 1.82) is 0 Å². The van der Waals surface area contributed by atoms with Crippen LogP contribution in [0.25, 0.3) is 98.1 Å². The van der Waals surface area contributed by atoms with Gasteiger partial charge in [-0.1, -0.05) is 133 Å². The summed E-state index contributed by atoms with van der Waals surface area (Å²) < 4.78 is 6.62. The van der Waals surface area contributed by atoms with Crippen LogP contribution in [0.4, 0.5) is 0 Å². The highest BCUT2D eigenvalue weighted by Gasteiger charge is 2.18. The summed E-state index contributed by atoms with van der Waals surface area (Å²) in [5, 5.41) is 14.7. The molecule has 10 rings (SSSR count). The van der Waals surface area contributed by atoms with E-state index in [9.17, 15) is 0 Å². The van der Waals surface area contributed by atoms with Gasteiger partial charge in [0.1, 0.15) is 11.2 Å². The minimum absolute atomic E-state index is 0.915. The molecule has 0 spiro atoms. The third kappa shape index (κ3) is 3.56. The monoisotopic (exact) mass is 570 g/mol. The second-order valence-electron chi connectivity index (χ2n) is 12.0. The Bertz CT molecular complexity index is 2760. The number of furan rings is 1. The van der Waals surface area contributed by atoms with Gasteiger partial charge in [-0.25, -0.2) is 0 Å². The number of benzene rings is 9. The lowest BCUT2D eigenvalue weighted by atomic mass is 9.85. The highest BCUT2D eigenvalue weighted by molar-refractivity contribution is 6.23. The molecule has 0 unspecified atom stereocenters. The van der Waals surface area contributed by atoms with Gasteiger partial charge in [-0.2, -0.15) is 0 Å². The van der Waals surface area contributed by atoms with Gasteiger partial charge in [-0.3, -0.25) is 0 Å². The van der Waals surface area contributed by atoms with Gasteiger partial charge in [0.05, 0.1) is 0 Å². The summed E-state index contributed by atoms with van der Waals surface area (Å²) in [4.78, 5) is 0. The molecular weight excluding hydrogens is 544 g/mol. The first-order valence-electron chi connectivity index (χ1n) is 15.5. The van der Waals surface area contributed by atoms with Gasteiger partial charge in [0.2, 0.25) is 0 Å². The summed E-state index contributed by atoms with van der Waals surface area (Å²) in [6.07, 6.45) is 0. The minimum Gasteiger partial charge on any atom is -0.455 e. The molecule has 0 saturated carbocycles. The molecule has 9 aromatic carbocycles. The average molecular weight is 571 g/mol. The van der Waals surface area contributed by atoms with E-state index in [1.165, 1.54) is 65.2 Å². The normalized spacial score (nSPS) is 12.0. The average Bonchev–Trinajstić information content (AvgIpc) is 3.48. The zero-order valence-electron chi connectivity index (χ0n) is 24.4. The van der Waals surface area contributed by atoms with Crippen molar-refractivity contribution in [3.05, 3.63) is 158 Å². The molecule has 0 radical (unpaired) electrons. The van der Waals surface area contributed by atoms with E-state index in [1.54, 1.807) is 0 Å². The van der Waals surface area contributed by atoms with Crippen LogP contribution < -0.4 is 0 Å². The van der Waals surface area contributed by atoms with Crippen LogP contribution in [-0.4, -0.2) is 0 Å². The first kappa shape index (κ1) is 24.5. The summed E-state index contributed by atoms with van der Waals surface area (Å²) in [6, 6.07) is 57.4. The molecule has 1 nitrogen and oxygen atoms in total. The maximum Gasteiger partial charge on any atom is 0.143 e. The van der Waals surface area contributed by atoms with Crippen molar-refractivity contribution in [1.82, 2.24) is 0 Å². The first-order chi connectivity index (χ1) is 22.3. The molecule has 0 fully saturated rings. The van der Waals surface area contributed by atoms with E-state index in [2.05, 4.69) is 158 Å². The third-order valence-electron chi connectivity index (χ3n) is 9.62. The molecule has 0 N–H and O–H groups in total. The zero-order chi connectivity index (χ0) is 29.5. The Labute approximate surface area is 259 Å². The molecule has 208 valence electrons. The van der Waals surface area contributed by atoms with E-state index in [-0.39, 0.29) is 0 Å². The zero-order valence-corrected chi connectivity index (χ0v) is 24.4. The Kier molecular flexibility index (Phi) is 5.06. The Balaban J connectivity index is 1.25. The molecule has 45 heavy (non-hydrogen) atoms. The molecule has 0 atom stereocenters. The minimum atomic E-state index is 0.915. The molecule has 1 heteroatoms. The fourth-order valence-corrected chi connectivity index (χ4v) is 7.58. The largest absolute Gasteiger partial charge is 0.455 e. The number of fused-ring (bicyclic) bond motifs is 10. The Morgan fingerprint density at radius 1 is 0.289 bits per heavy atom. The molecule has 1 aromatic heterocycles. The molecule has 0 saturated heterocycles. The molecule has 0 aliphatic rings. The number of hydrogen-bond donors (Lipinski definition) is 0. The van der Waals surface area contributed by atoms with Crippen molar-refractivity contribution in [2.24, 2.45) is 0 Å². The SMILES string of the molecule is c1ccc2c(c1)ccc1cc(-c3c4ccccc4c(-c4ccc5c(c4)oc4c6ccccc6ccc54)c4ccccc34)ccc12. The smallest absolute Gasteiger partial charge is 0.143 e. The van der Waals surface area contributed by atoms with Gasteiger partial charge >= 0.3 is 0 Å². The van der Waals surface area contributed by atoms with Crippen molar-refractivity contribution in [2.45, 2.75) is 0 Å². The standard InChI is InChI=1S/C44H26O/c1-3-11-32-27(9-1)17-18-29-25-30(20-22-33(29)32)42-36-13-5-7-15-38(36)43(39-16-8-6-14-37(39)42)31-21-23-35-40-24-19-28-10-2-4-12-34(28)44(40)45-41(35)26-31/h1-26H. The van der Waals surface area contributed by atoms with Crippen LogP contribution in [0.1, 0.15) is 0 Å².